The number of pyridine rings is 1. The third kappa shape index (κ3) is 4.85. The van der Waals surface area contributed by atoms with E-state index in [1.165, 1.54) is 0 Å². The van der Waals surface area contributed by atoms with Crippen molar-refractivity contribution < 1.29 is 19.1 Å². The fraction of sp³-hybridized carbons (Fsp3) is 0.333. The monoisotopic (exact) mass is 498 g/mol. The molecule has 3 aromatic rings. The number of amides is 2. The Kier molecular flexibility index (Phi) is 6.38. The van der Waals surface area contributed by atoms with Gasteiger partial charge in [0.25, 0.3) is 5.91 Å². The molecule has 10 heteroatoms. The van der Waals surface area contributed by atoms with E-state index in [2.05, 4.69) is 15.3 Å². The second kappa shape index (κ2) is 9.60. The Morgan fingerprint density at radius 1 is 1.29 bits per heavy atom. The van der Waals surface area contributed by atoms with E-state index in [0.717, 1.165) is 21.0 Å². The van der Waals surface area contributed by atoms with Gasteiger partial charge in [0.1, 0.15) is 24.2 Å². The summed E-state index contributed by atoms with van der Waals surface area (Å²) in [4.78, 5) is 36.1. The summed E-state index contributed by atoms with van der Waals surface area (Å²) in [5, 5.41) is 4.47. The summed E-state index contributed by atoms with van der Waals surface area (Å²) in [5.74, 6) is 0.287. The largest absolute Gasteiger partial charge is 0.489 e. The summed E-state index contributed by atoms with van der Waals surface area (Å²) in [7, 11) is 0. The molecule has 0 saturated carbocycles. The lowest BCUT2D eigenvalue weighted by Gasteiger charge is -2.32. The number of carbonyl (C=O) groups excluding carboxylic acids is 2. The number of hydrogen-bond acceptors (Lipinski definition) is 7. The molecule has 2 fully saturated rings. The number of nitrogens with zero attached hydrogens (tertiary/aromatic N) is 3. The molecule has 8 nitrogen and oxygen atoms in total. The number of cyclic esters (lactones) is 1. The lowest BCUT2D eigenvalue weighted by molar-refractivity contribution is 0.0915. The van der Waals surface area contributed by atoms with E-state index in [1.807, 2.05) is 19.1 Å². The fourth-order valence-corrected chi connectivity index (χ4v) is 5.07. The standard InChI is InChI=1S/C24H23ClN4O4S/c1-14-26-12-22(34-14)19-11-27-20(23(30)28-10-15-2-4-16(25)5-3-15)9-21(19)33-18-6-7-29-17(8-18)13-32-24(29)31/h2-5,9,11-12,17-18H,6-8,10,13H2,1H3,(H,28,30)/t17-,18-/m0/s1. The summed E-state index contributed by atoms with van der Waals surface area (Å²) in [6, 6.07) is 9.00. The molecule has 176 valence electrons. The van der Waals surface area contributed by atoms with Crippen LogP contribution in [0.3, 0.4) is 0 Å². The molecule has 5 rings (SSSR count). The van der Waals surface area contributed by atoms with Gasteiger partial charge in [-0.1, -0.05) is 23.7 Å². The van der Waals surface area contributed by atoms with Gasteiger partial charge in [-0.3, -0.25) is 9.78 Å². The van der Waals surface area contributed by atoms with E-state index in [1.54, 1.807) is 46.8 Å². The summed E-state index contributed by atoms with van der Waals surface area (Å²) >= 11 is 7.47. The van der Waals surface area contributed by atoms with Crippen LogP contribution >= 0.6 is 22.9 Å². The highest BCUT2D eigenvalue weighted by atomic mass is 35.5. The van der Waals surface area contributed by atoms with Crippen LogP contribution in [0.15, 0.2) is 42.7 Å². The number of benzene rings is 1. The molecule has 2 aromatic heterocycles. The lowest BCUT2D eigenvalue weighted by atomic mass is 10.0. The van der Waals surface area contributed by atoms with Crippen molar-refractivity contribution in [3.63, 3.8) is 0 Å². The van der Waals surface area contributed by atoms with Gasteiger partial charge in [0.05, 0.1) is 21.5 Å². The summed E-state index contributed by atoms with van der Waals surface area (Å²) in [5.41, 5.74) is 2.00. The predicted octanol–water partition coefficient (Wildman–Crippen LogP) is 4.46. The van der Waals surface area contributed by atoms with E-state index < -0.39 is 0 Å². The number of ether oxygens (including phenoxy) is 2. The minimum absolute atomic E-state index is 0.0179. The van der Waals surface area contributed by atoms with Gasteiger partial charge in [-0.05, 0) is 24.6 Å². The van der Waals surface area contributed by atoms with Crippen LogP contribution in [0.5, 0.6) is 5.75 Å². The number of thiazole rings is 1. The number of piperidine rings is 1. The van der Waals surface area contributed by atoms with Crippen molar-refractivity contribution in [3.05, 3.63) is 64.0 Å². The van der Waals surface area contributed by atoms with Crippen LogP contribution in [-0.4, -0.2) is 52.2 Å². The second-order valence-corrected chi connectivity index (χ2v) is 9.98. The molecule has 0 spiro atoms. The van der Waals surface area contributed by atoms with E-state index in [-0.39, 0.29) is 29.8 Å². The topological polar surface area (TPSA) is 93.6 Å². The smallest absolute Gasteiger partial charge is 0.410 e. The van der Waals surface area contributed by atoms with Crippen LogP contribution < -0.4 is 10.1 Å². The highest BCUT2D eigenvalue weighted by Crippen LogP contribution is 2.36. The Morgan fingerprint density at radius 2 is 2.12 bits per heavy atom. The first kappa shape index (κ1) is 22.6. The van der Waals surface area contributed by atoms with E-state index in [9.17, 15) is 9.59 Å². The zero-order valence-corrected chi connectivity index (χ0v) is 20.1. The third-order valence-corrected chi connectivity index (χ3v) is 7.14. The Hall–Kier alpha value is -3.17. The van der Waals surface area contributed by atoms with Crippen molar-refractivity contribution in [1.29, 1.82) is 0 Å². The number of aryl methyl sites for hydroxylation is 1. The number of rotatable bonds is 6. The molecule has 1 N–H and O–H groups in total. The molecule has 2 amide bonds. The van der Waals surface area contributed by atoms with Gasteiger partial charge < -0.3 is 19.7 Å². The Balaban J connectivity index is 1.35. The predicted molar refractivity (Wildman–Crippen MR) is 128 cm³/mol. The van der Waals surface area contributed by atoms with Gasteiger partial charge in [0, 0.05) is 49.4 Å². The normalized spacial score (nSPS) is 19.5. The van der Waals surface area contributed by atoms with Gasteiger partial charge in [-0.25, -0.2) is 9.78 Å². The maximum absolute atomic E-state index is 12.8. The van der Waals surface area contributed by atoms with Gasteiger partial charge in [0.2, 0.25) is 0 Å². The molecule has 34 heavy (non-hydrogen) atoms. The van der Waals surface area contributed by atoms with Gasteiger partial charge in [-0.15, -0.1) is 11.3 Å². The average Bonchev–Trinajstić information content (AvgIpc) is 3.43. The van der Waals surface area contributed by atoms with Crippen molar-refractivity contribution in [2.24, 2.45) is 0 Å². The first-order valence-electron chi connectivity index (χ1n) is 11.0. The highest BCUT2D eigenvalue weighted by Gasteiger charge is 2.39. The molecule has 0 aliphatic carbocycles. The molecule has 4 heterocycles. The van der Waals surface area contributed by atoms with E-state index in [4.69, 9.17) is 21.1 Å². The van der Waals surface area contributed by atoms with Crippen LogP contribution in [0.25, 0.3) is 10.4 Å². The second-order valence-electron chi connectivity index (χ2n) is 8.31. The van der Waals surface area contributed by atoms with Crippen LogP contribution in [-0.2, 0) is 11.3 Å². The van der Waals surface area contributed by atoms with Crippen molar-refractivity contribution >= 4 is 34.9 Å². The van der Waals surface area contributed by atoms with Crippen LogP contribution in [0.4, 0.5) is 4.79 Å². The van der Waals surface area contributed by atoms with Crippen LogP contribution in [0.2, 0.25) is 5.02 Å². The number of aromatic nitrogens is 2. The van der Waals surface area contributed by atoms with Crippen LogP contribution in [0.1, 0.15) is 33.9 Å². The molecular formula is C24H23ClN4O4S. The molecule has 1 aromatic carbocycles. The molecule has 2 atom stereocenters. The van der Waals surface area contributed by atoms with Crippen molar-refractivity contribution in [1.82, 2.24) is 20.2 Å². The maximum Gasteiger partial charge on any atom is 0.410 e. The first-order valence-corrected chi connectivity index (χ1v) is 12.2. The zero-order chi connectivity index (χ0) is 23.7. The molecule has 2 aliphatic rings. The summed E-state index contributed by atoms with van der Waals surface area (Å²) < 4.78 is 11.6. The molecule has 0 unspecified atom stereocenters. The van der Waals surface area contributed by atoms with Crippen molar-refractivity contribution in [3.8, 4) is 16.2 Å². The number of fused-ring (bicyclic) bond motifs is 1. The van der Waals surface area contributed by atoms with Crippen molar-refractivity contribution in [2.75, 3.05) is 13.2 Å². The minimum atomic E-state index is -0.295. The number of carbonyl (C=O) groups is 2. The molecule has 2 saturated heterocycles. The number of hydrogen-bond donors (Lipinski definition) is 1. The van der Waals surface area contributed by atoms with Gasteiger partial charge >= 0.3 is 6.09 Å². The Labute approximate surface area is 205 Å². The number of halogens is 1. The van der Waals surface area contributed by atoms with E-state index in [0.29, 0.717) is 43.3 Å². The summed E-state index contributed by atoms with van der Waals surface area (Å²) in [6.45, 7) is 3.27. The quantitative estimate of drug-likeness (QED) is 0.539. The van der Waals surface area contributed by atoms with E-state index >= 15 is 0 Å². The highest BCUT2D eigenvalue weighted by molar-refractivity contribution is 7.15. The average molecular weight is 499 g/mol. The van der Waals surface area contributed by atoms with Gasteiger partial charge in [0.15, 0.2) is 0 Å². The van der Waals surface area contributed by atoms with Gasteiger partial charge in [-0.2, -0.15) is 0 Å². The number of nitrogens with one attached hydrogen (secondary N) is 1. The Morgan fingerprint density at radius 3 is 2.88 bits per heavy atom. The molecular weight excluding hydrogens is 476 g/mol. The third-order valence-electron chi connectivity index (χ3n) is 5.95. The molecule has 0 radical (unpaired) electrons. The maximum atomic E-state index is 12.8. The minimum Gasteiger partial charge on any atom is -0.489 e. The Bertz CT molecular complexity index is 1220. The van der Waals surface area contributed by atoms with Crippen LogP contribution in [0, 0.1) is 6.92 Å². The van der Waals surface area contributed by atoms with Crippen molar-refractivity contribution in [2.45, 2.75) is 38.5 Å². The molecule has 2 aliphatic heterocycles. The fourth-order valence-electron chi connectivity index (χ4n) is 4.15. The zero-order valence-electron chi connectivity index (χ0n) is 18.5. The first-order chi connectivity index (χ1) is 16.5. The summed E-state index contributed by atoms with van der Waals surface area (Å²) in [6.07, 6.45) is 4.46. The lowest BCUT2D eigenvalue weighted by Crippen LogP contribution is -2.44. The molecule has 0 bridgehead atoms. The SMILES string of the molecule is Cc1ncc(-c2cnc(C(=O)NCc3ccc(Cl)cc3)cc2O[C@H]2CCN3C(=O)OC[C@@H]3C2)s1.